The van der Waals surface area contributed by atoms with Crippen LogP contribution >= 0.6 is 0 Å². The van der Waals surface area contributed by atoms with E-state index in [4.69, 9.17) is 5.73 Å². The molecule has 2 aromatic rings. The standard InChI is InChI=1S/C16H19N3O/c1-11-10-12(17)7-9-19(11)16(20)14-6-8-18-15-5-3-2-4-13(14)15/h2-6,8,11-12H,7,9-10,17H2,1H3. The molecule has 2 heterocycles. The number of carbonyl (C=O) groups excluding carboxylic acids is 1. The first-order valence-corrected chi connectivity index (χ1v) is 7.07. The third kappa shape index (κ3) is 2.27. The second-order valence-electron chi connectivity index (χ2n) is 5.51. The molecule has 1 fully saturated rings. The number of para-hydroxylation sites is 1. The van der Waals surface area contributed by atoms with E-state index in [2.05, 4.69) is 11.9 Å². The zero-order valence-corrected chi connectivity index (χ0v) is 11.6. The van der Waals surface area contributed by atoms with Gasteiger partial charge in [-0.05, 0) is 31.9 Å². The summed E-state index contributed by atoms with van der Waals surface area (Å²) in [5.74, 6) is 0.0861. The van der Waals surface area contributed by atoms with Crippen molar-refractivity contribution in [3.05, 3.63) is 42.1 Å². The second-order valence-corrected chi connectivity index (χ2v) is 5.51. The Bertz CT molecular complexity index is 635. The number of hydrogen-bond acceptors (Lipinski definition) is 3. The normalized spacial score (nSPS) is 23.0. The van der Waals surface area contributed by atoms with E-state index in [9.17, 15) is 4.79 Å². The van der Waals surface area contributed by atoms with Crippen molar-refractivity contribution in [2.24, 2.45) is 5.73 Å². The summed E-state index contributed by atoms with van der Waals surface area (Å²) in [6, 6.07) is 9.98. The predicted molar refractivity (Wildman–Crippen MR) is 79.5 cm³/mol. The molecule has 0 spiro atoms. The van der Waals surface area contributed by atoms with E-state index in [1.165, 1.54) is 0 Å². The number of pyridine rings is 1. The molecule has 1 aromatic carbocycles. The van der Waals surface area contributed by atoms with Gasteiger partial charge >= 0.3 is 0 Å². The van der Waals surface area contributed by atoms with Crippen molar-refractivity contribution >= 4 is 16.8 Å². The number of nitrogens with zero attached hydrogens (tertiary/aromatic N) is 2. The van der Waals surface area contributed by atoms with E-state index >= 15 is 0 Å². The van der Waals surface area contributed by atoms with Crippen LogP contribution in [0.15, 0.2) is 36.5 Å². The number of amides is 1. The maximum absolute atomic E-state index is 12.8. The second kappa shape index (κ2) is 5.21. The van der Waals surface area contributed by atoms with Gasteiger partial charge in [0.2, 0.25) is 0 Å². The largest absolute Gasteiger partial charge is 0.336 e. The van der Waals surface area contributed by atoms with Gasteiger partial charge in [-0.15, -0.1) is 0 Å². The highest BCUT2D eigenvalue weighted by Crippen LogP contribution is 2.22. The van der Waals surface area contributed by atoms with E-state index in [0.29, 0.717) is 0 Å². The molecule has 1 aromatic heterocycles. The lowest BCUT2D eigenvalue weighted by Gasteiger charge is -2.36. The van der Waals surface area contributed by atoms with Gasteiger partial charge in [0.25, 0.3) is 5.91 Å². The molecule has 3 rings (SSSR count). The molecule has 0 radical (unpaired) electrons. The Kier molecular flexibility index (Phi) is 3.40. The Morgan fingerprint density at radius 1 is 1.35 bits per heavy atom. The summed E-state index contributed by atoms with van der Waals surface area (Å²) in [6.07, 6.45) is 3.45. The van der Waals surface area contributed by atoms with Crippen LogP contribution in [0.2, 0.25) is 0 Å². The summed E-state index contributed by atoms with van der Waals surface area (Å²) in [7, 11) is 0. The van der Waals surface area contributed by atoms with Crippen LogP contribution in [0.3, 0.4) is 0 Å². The smallest absolute Gasteiger partial charge is 0.254 e. The van der Waals surface area contributed by atoms with Crippen LogP contribution in [0, 0.1) is 0 Å². The maximum Gasteiger partial charge on any atom is 0.254 e. The lowest BCUT2D eigenvalue weighted by molar-refractivity contribution is 0.0621. The highest BCUT2D eigenvalue weighted by molar-refractivity contribution is 6.06. The highest BCUT2D eigenvalue weighted by atomic mass is 16.2. The number of fused-ring (bicyclic) bond motifs is 1. The zero-order valence-electron chi connectivity index (χ0n) is 11.6. The van der Waals surface area contributed by atoms with E-state index < -0.39 is 0 Å². The Morgan fingerprint density at radius 2 is 2.15 bits per heavy atom. The number of aromatic nitrogens is 1. The van der Waals surface area contributed by atoms with Gasteiger partial charge in [-0.3, -0.25) is 9.78 Å². The molecule has 1 saturated heterocycles. The van der Waals surface area contributed by atoms with Gasteiger partial charge < -0.3 is 10.6 Å². The third-order valence-corrected chi connectivity index (χ3v) is 4.06. The van der Waals surface area contributed by atoms with Gasteiger partial charge in [0.1, 0.15) is 0 Å². The van der Waals surface area contributed by atoms with Crippen LogP contribution in [0.1, 0.15) is 30.1 Å². The minimum Gasteiger partial charge on any atom is -0.336 e. The molecule has 0 bridgehead atoms. The highest BCUT2D eigenvalue weighted by Gasteiger charge is 2.28. The molecule has 2 N–H and O–H groups in total. The maximum atomic E-state index is 12.8. The number of benzene rings is 1. The minimum atomic E-state index is 0.0861. The van der Waals surface area contributed by atoms with Gasteiger partial charge in [-0.1, -0.05) is 18.2 Å². The summed E-state index contributed by atoms with van der Waals surface area (Å²) in [4.78, 5) is 19.0. The van der Waals surface area contributed by atoms with Gasteiger partial charge in [0.05, 0.1) is 11.1 Å². The number of rotatable bonds is 1. The molecule has 0 saturated carbocycles. The van der Waals surface area contributed by atoms with Crippen molar-refractivity contribution in [2.45, 2.75) is 31.8 Å². The molecule has 4 heteroatoms. The Balaban J connectivity index is 1.97. The summed E-state index contributed by atoms with van der Waals surface area (Å²) < 4.78 is 0. The average molecular weight is 269 g/mol. The molecule has 1 aliphatic rings. The van der Waals surface area contributed by atoms with Crippen molar-refractivity contribution in [3.63, 3.8) is 0 Å². The Hall–Kier alpha value is -1.94. The lowest BCUT2D eigenvalue weighted by atomic mass is 9.97. The topological polar surface area (TPSA) is 59.2 Å². The summed E-state index contributed by atoms with van der Waals surface area (Å²) in [6.45, 7) is 2.80. The minimum absolute atomic E-state index is 0.0861. The van der Waals surface area contributed by atoms with Gasteiger partial charge in [0.15, 0.2) is 0 Å². The monoisotopic (exact) mass is 269 g/mol. The molecule has 2 unspecified atom stereocenters. The van der Waals surface area contributed by atoms with Crippen molar-refractivity contribution in [3.8, 4) is 0 Å². The lowest BCUT2D eigenvalue weighted by Crippen LogP contribution is -2.48. The SMILES string of the molecule is CC1CC(N)CCN1C(=O)c1ccnc2ccccc12. The first kappa shape index (κ1) is 13.1. The fourth-order valence-electron chi connectivity index (χ4n) is 2.95. The average Bonchev–Trinajstić information content (AvgIpc) is 2.46. The first-order valence-electron chi connectivity index (χ1n) is 7.07. The van der Waals surface area contributed by atoms with Crippen molar-refractivity contribution in [1.82, 2.24) is 9.88 Å². The van der Waals surface area contributed by atoms with Crippen molar-refractivity contribution < 1.29 is 4.79 Å². The van der Waals surface area contributed by atoms with Crippen LogP contribution < -0.4 is 5.73 Å². The molecular formula is C16H19N3O. The molecule has 104 valence electrons. The molecule has 20 heavy (non-hydrogen) atoms. The molecule has 2 atom stereocenters. The number of carbonyl (C=O) groups is 1. The quantitative estimate of drug-likeness (QED) is 0.863. The van der Waals surface area contributed by atoms with Crippen LogP contribution in [-0.2, 0) is 0 Å². The van der Waals surface area contributed by atoms with E-state index in [-0.39, 0.29) is 18.0 Å². The first-order chi connectivity index (χ1) is 9.66. The third-order valence-electron chi connectivity index (χ3n) is 4.06. The van der Waals surface area contributed by atoms with Crippen LogP contribution in [0.5, 0.6) is 0 Å². The van der Waals surface area contributed by atoms with Crippen LogP contribution in [0.4, 0.5) is 0 Å². The van der Waals surface area contributed by atoms with E-state index in [1.54, 1.807) is 6.20 Å². The van der Waals surface area contributed by atoms with Gasteiger partial charge in [-0.2, -0.15) is 0 Å². The van der Waals surface area contributed by atoms with Gasteiger partial charge in [-0.25, -0.2) is 0 Å². The fourth-order valence-corrected chi connectivity index (χ4v) is 2.95. The molecular weight excluding hydrogens is 250 g/mol. The summed E-state index contributed by atoms with van der Waals surface area (Å²) in [5.41, 5.74) is 7.56. The van der Waals surface area contributed by atoms with Crippen LogP contribution in [0.25, 0.3) is 10.9 Å². The molecule has 1 amide bonds. The number of likely N-dealkylation sites (tertiary alicyclic amines) is 1. The number of piperidine rings is 1. The molecule has 1 aliphatic heterocycles. The summed E-state index contributed by atoms with van der Waals surface area (Å²) >= 11 is 0. The van der Waals surface area contributed by atoms with Crippen molar-refractivity contribution in [2.75, 3.05) is 6.54 Å². The van der Waals surface area contributed by atoms with Crippen LogP contribution in [-0.4, -0.2) is 34.4 Å². The molecule has 4 nitrogen and oxygen atoms in total. The van der Waals surface area contributed by atoms with E-state index in [1.807, 2.05) is 35.2 Å². The predicted octanol–water partition coefficient (Wildman–Crippen LogP) is 2.19. The number of nitrogens with two attached hydrogens (primary N) is 1. The zero-order chi connectivity index (χ0) is 14.1. The number of hydrogen-bond donors (Lipinski definition) is 1. The van der Waals surface area contributed by atoms with E-state index in [0.717, 1.165) is 35.9 Å². The van der Waals surface area contributed by atoms with Gasteiger partial charge in [0, 0.05) is 30.2 Å². The molecule has 0 aliphatic carbocycles. The van der Waals surface area contributed by atoms with Crippen molar-refractivity contribution in [1.29, 1.82) is 0 Å². The summed E-state index contributed by atoms with van der Waals surface area (Å²) in [5, 5.41) is 0.919. The fraction of sp³-hybridized carbons (Fsp3) is 0.375. The Morgan fingerprint density at radius 3 is 2.95 bits per heavy atom. The Labute approximate surface area is 118 Å².